The fourth-order valence-electron chi connectivity index (χ4n) is 9.56. The fraction of sp³-hybridized carbons (Fsp3) is 0.366. The first-order chi connectivity index (χ1) is 24.0. The van der Waals surface area contributed by atoms with Crippen LogP contribution in [0.5, 0.6) is 5.75 Å². The molecule has 2 aromatic heterocycles. The van der Waals surface area contributed by atoms with E-state index in [0.717, 1.165) is 97.8 Å². The van der Waals surface area contributed by atoms with Crippen LogP contribution in [-0.4, -0.2) is 26.6 Å². The lowest BCUT2D eigenvalue weighted by atomic mass is 9.62. The molecule has 4 aliphatic carbocycles. The number of rotatable bonds is 5. The number of ether oxygens (including phenoxy) is 1. The zero-order chi connectivity index (χ0) is 33.2. The van der Waals surface area contributed by atoms with Crippen molar-refractivity contribution in [3.63, 3.8) is 0 Å². The number of methoxy groups -OCH3 is 1. The standard InChI is InChI=1S/C41H40N4O3S/c1-48-31-18-8-7-17-30(31)45-38(47)34-36(29-16-6-4-14-27(29)24-41(34)19-9-2-10-20-41)44-39(45)49-25-32-42-35-28-15-5-3-13-26(28)23-40(21-11-12-22-40)33(35)37(46)43-32/h3-8,13-18H,2,9-12,19-25H2,1H3,(H,42,43,46). The highest BCUT2D eigenvalue weighted by atomic mass is 32.2. The van der Waals surface area contributed by atoms with Gasteiger partial charge in [-0.15, -0.1) is 0 Å². The highest BCUT2D eigenvalue weighted by molar-refractivity contribution is 7.98. The average molecular weight is 669 g/mol. The van der Waals surface area contributed by atoms with E-state index in [2.05, 4.69) is 41.4 Å². The lowest BCUT2D eigenvalue weighted by molar-refractivity contribution is 0.283. The largest absolute Gasteiger partial charge is 0.495 e. The Morgan fingerprint density at radius 1 is 0.735 bits per heavy atom. The second-order valence-electron chi connectivity index (χ2n) is 14.5. The maximum atomic E-state index is 15.1. The number of hydrogen-bond donors (Lipinski definition) is 1. The Labute approximate surface area is 290 Å². The molecule has 4 aliphatic rings. The third kappa shape index (κ3) is 4.85. The first-order valence-corrected chi connectivity index (χ1v) is 18.7. The minimum Gasteiger partial charge on any atom is -0.495 e. The minimum atomic E-state index is -0.242. The fourth-order valence-corrected chi connectivity index (χ4v) is 10.4. The molecule has 7 nitrogen and oxygen atoms in total. The molecule has 248 valence electrons. The lowest BCUT2D eigenvalue weighted by Gasteiger charge is -2.42. The monoisotopic (exact) mass is 668 g/mol. The van der Waals surface area contributed by atoms with Crippen molar-refractivity contribution < 1.29 is 4.74 Å². The second-order valence-corrected chi connectivity index (χ2v) is 15.4. The summed E-state index contributed by atoms with van der Waals surface area (Å²) in [4.78, 5) is 42.9. The van der Waals surface area contributed by atoms with Gasteiger partial charge in [-0.1, -0.05) is 105 Å². The van der Waals surface area contributed by atoms with Crippen LogP contribution >= 0.6 is 11.8 Å². The van der Waals surface area contributed by atoms with Crippen molar-refractivity contribution in [1.82, 2.24) is 19.5 Å². The zero-order valence-electron chi connectivity index (χ0n) is 27.9. The molecule has 0 bridgehead atoms. The molecule has 3 aromatic carbocycles. The van der Waals surface area contributed by atoms with E-state index in [9.17, 15) is 4.79 Å². The van der Waals surface area contributed by atoms with E-state index in [-0.39, 0.29) is 21.9 Å². The number of thioether (sulfide) groups is 1. The molecule has 0 aliphatic heterocycles. The van der Waals surface area contributed by atoms with E-state index >= 15 is 4.79 Å². The molecule has 2 spiro atoms. The summed E-state index contributed by atoms with van der Waals surface area (Å²) in [5.74, 6) is 1.55. The summed E-state index contributed by atoms with van der Waals surface area (Å²) in [5.41, 5.74) is 8.13. The van der Waals surface area contributed by atoms with Crippen molar-refractivity contribution in [3.05, 3.63) is 122 Å². The molecule has 2 heterocycles. The number of aromatic nitrogens is 4. The van der Waals surface area contributed by atoms with Gasteiger partial charge in [0.15, 0.2) is 5.16 Å². The number of para-hydroxylation sites is 2. The lowest BCUT2D eigenvalue weighted by Crippen LogP contribution is -2.43. The first kappa shape index (κ1) is 30.6. The van der Waals surface area contributed by atoms with Gasteiger partial charge in [0, 0.05) is 22.0 Å². The molecule has 0 amide bonds. The Balaban J connectivity index is 1.21. The Morgan fingerprint density at radius 2 is 1.31 bits per heavy atom. The van der Waals surface area contributed by atoms with Gasteiger partial charge < -0.3 is 9.72 Å². The highest BCUT2D eigenvalue weighted by Crippen LogP contribution is 2.51. The average Bonchev–Trinajstić information content (AvgIpc) is 3.59. The molecule has 9 rings (SSSR count). The summed E-state index contributed by atoms with van der Waals surface area (Å²) in [6.07, 6.45) is 11.4. The third-order valence-electron chi connectivity index (χ3n) is 11.7. The Morgan fingerprint density at radius 3 is 1.98 bits per heavy atom. The summed E-state index contributed by atoms with van der Waals surface area (Å²) in [5, 5.41) is 0.559. The quantitative estimate of drug-likeness (QED) is 0.151. The molecule has 49 heavy (non-hydrogen) atoms. The van der Waals surface area contributed by atoms with E-state index in [1.54, 1.807) is 11.7 Å². The van der Waals surface area contributed by atoms with Crippen LogP contribution in [0.15, 0.2) is 87.5 Å². The number of nitrogens with one attached hydrogen (secondary N) is 1. The number of fused-ring (bicyclic) bond motifs is 8. The van der Waals surface area contributed by atoms with Gasteiger partial charge in [0.1, 0.15) is 11.6 Å². The summed E-state index contributed by atoms with van der Waals surface area (Å²) in [6.45, 7) is 0. The maximum Gasteiger partial charge on any atom is 0.263 e. The van der Waals surface area contributed by atoms with Gasteiger partial charge >= 0.3 is 0 Å². The van der Waals surface area contributed by atoms with Crippen LogP contribution in [0.25, 0.3) is 28.2 Å². The molecule has 1 N–H and O–H groups in total. The molecular formula is C41H40N4O3S. The Hall–Kier alpha value is -4.43. The molecular weight excluding hydrogens is 629 g/mol. The van der Waals surface area contributed by atoms with Crippen LogP contribution in [0.3, 0.4) is 0 Å². The van der Waals surface area contributed by atoms with Crippen molar-refractivity contribution in [2.24, 2.45) is 0 Å². The molecule has 0 atom stereocenters. The van der Waals surface area contributed by atoms with Crippen LogP contribution in [-0.2, 0) is 29.4 Å². The molecule has 8 heteroatoms. The van der Waals surface area contributed by atoms with Crippen molar-refractivity contribution >= 4 is 11.8 Å². The predicted octanol–water partition coefficient (Wildman–Crippen LogP) is 8.08. The van der Waals surface area contributed by atoms with Crippen molar-refractivity contribution in [2.45, 2.75) is 92.4 Å². The topological polar surface area (TPSA) is 89.9 Å². The van der Waals surface area contributed by atoms with E-state index in [0.29, 0.717) is 28.2 Å². The van der Waals surface area contributed by atoms with Crippen LogP contribution in [0.1, 0.15) is 85.9 Å². The van der Waals surface area contributed by atoms with Gasteiger partial charge in [-0.2, -0.15) is 0 Å². The molecule has 0 unspecified atom stereocenters. The molecule has 5 aromatic rings. The SMILES string of the molecule is COc1ccccc1-n1c(SCc2nc3c(c(=O)[nH]2)C2(CCCC2)Cc2ccccc2-3)nc2c(c1=O)C1(CCCCC1)Cc1ccccc1-2. The smallest absolute Gasteiger partial charge is 0.263 e. The zero-order valence-corrected chi connectivity index (χ0v) is 28.7. The van der Waals surface area contributed by atoms with Gasteiger partial charge in [0.25, 0.3) is 11.1 Å². The summed E-state index contributed by atoms with van der Waals surface area (Å²) in [6, 6.07) is 24.5. The molecule has 0 saturated heterocycles. The highest BCUT2D eigenvalue weighted by Gasteiger charge is 2.45. The number of benzene rings is 3. The van der Waals surface area contributed by atoms with Crippen molar-refractivity contribution in [3.8, 4) is 34.0 Å². The summed E-state index contributed by atoms with van der Waals surface area (Å²) >= 11 is 1.44. The number of H-pyrrole nitrogens is 1. The number of nitrogens with zero attached hydrogens (tertiary/aromatic N) is 3. The van der Waals surface area contributed by atoms with Crippen LogP contribution < -0.4 is 15.9 Å². The van der Waals surface area contributed by atoms with Gasteiger partial charge in [-0.3, -0.25) is 14.2 Å². The summed E-state index contributed by atoms with van der Waals surface area (Å²) < 4.78 is 7.57. The van der Waals surface area contributed by atoms with Gasteiger partial charge in [0.2, 0.25) is 0 Å². The van der Waals surface area contributed by atoms with E-state index in [1.165, 1.54) is 29.3 Å². The molecule has 2 fully saturated rings. The number of hydrogen-bond acceptors (Lipinski definition) is 6. The van der Waals surface area contributed by atoms with Crippen molar-refractivity contribution in [1.29, 1.82) is 0 Å². The van der Waals surface area contributed by atoms with Crippen LogP contribution in [0, 0.1) is 0 Å². The Bertz CT molecular complexity index is 2230. The van der Waals surface area contributed by atoms with Crippen LogP contribution in [0.2, 0.25) is 0 Å². The summed E-state index contributed by atoms with van der Waals surface area (Å²) in [7, 11) is 1.64. The maximum absolute atomic E-state index is 15.1. The number of aromatic amines is 1. The van der Waals surface area contributed by atoms with Gasteiger partial charge in [0.05, 0.1) is 41.1 Å². The van der Waals surface area contributed by atoms with Gasteiger partial charge in [-0.25, -0.2) is 9.97 Å². The van der Waals surface area contributed by atoms with Gasteiger partial charge in [-0.05, 0) is 61.8 Å². The van der Waals surface area contributed by atoms with E-state index in [4.69, 9.17) is 14.7 Å². The Kier molecular flexibility index (Phi) is 7.41. The van der Waals surface area contributed by atoms with Crippen molar-refractivity contribution in [2.75, 3.05) is 7.11 Å². The first-order valence-electron chi connectivity index (χ1n) is 17.7. The van der Waals surface area contributed by atoms with E-state index < -0.39 is 0 Å². The predicted molar refractivity (Wildman–Crippen MR) is 194 cm³/mol. The normalized spacial score (nSPS) is 18.1. The molecule has 2 saturated carbocycles. The minimum absolute atomic E-state index is 0.0302. The second kappa shape index (κ2) is 11.9. The third-order valence-corrected chi connectivity index (χ3v) is 12.7. The molecule has 0 radical (unpaired) electrons. The van der Waals surface area contributed by atoms with Crippen LogP contribution in [0.4, 0.5) is 0 Å². The van der Waals surface area contributed by atoms with E-state index in [1.807, 2.05) is 36.4 Å².